The number of hydrogen-bond acceptors (Lipinski definition) is 8. The van der Waals surface area contributed by atoms with Gasteiger partial charge < -0.3 is 0 Å². The van der Waals surface area contributed by atoms with Crippen LogP contribution in [0, 0.1) is 11.3 Å². The summed E-state index contributed by atoms with van der Waals surface area (Å²) in [6.07, 6.45) is 4.07. The first-order chi connectivity index (χ1) is 11.4. The molecule has 7 nitrogen and oxygen atoms in total. The summed E-state index contributed by atoms with van der Waals surface area (Å²) in [5.74, 6) is -0.736. The van der Waals surface area contributed by atoms with Gasteiger partial charge in [-0.25, -0.2) is 0 Å². The molecule has 0 saturated heterocycles. The van der Waals surface area contributed by atoms with Gasteiger partial charge in [0.2, 0.25) is 5.78 Å². The number of hydrogen-bond donors (Lipinski definition) is 0. The summed E-state index contributed by atoms with van der Waals surface area (Å²) in [5, 5.41) is 13.1. The van der Waals surface area contributed by atoms with Crippen LogP contribution in [0.3, 0.4) is 0 Å². The van der Waals surface area contributed by atoms with Crippen LogP contribution in [0.25, 0.3) is 5.57 Å². The number of rotatable bonds is 5. The molecule has 2 rings (SSSR count). The molecule has 0 aliphatic carbocycles. The van der Waals surface area contributed by atoms with Gasteiger partial charge in [-0.2, -0.15) is 13.7 Å². The van der Waals surface area contributed by atoms with Crippen LogP contribution in [-0.4, -0.2) is 31.8 Å². The highest BCUT2D eigenvalue weighted by Gasteiger charge is 2.20. The van der Waals surface area contributed by atoms with Crippen LogP contribution in [0.5, 0.6) is 0 Å². The Kier molecular flexibility index (Phi) is 5.33. The molecule has 0 atom stereocenters. The number of nitrogens with zero attached hydrogens (tertiary/aromatic N) is 2. The first kappa shape index (κ1) is 17.7. The molecule has 24 heavy (non-hydrogen) atoms. The van der Waals surface area contributed by atoms with Crippen LogP contribution in [0.1, 0.15) is 15.9 Å². The maximum atomic E-state index is 11.7. The van der Waals surface area contributed by atoms with E-state index in [1.807, 2.05) is 6.07 Å². The van der Waals surface area contributed by atoms with E-state index in [2.05, 4.69) is 9.44 Å². The SMILES string of the molecule is CS(=O)(=O)ON=C1C=CC(=C(C#N)c2ccccc2C(=O)C=O)S1. The number of benzene rings is 1. The number of aldehydes is 1. The Morgan fingerprint density at radius 2 is 1.96 bits per heavy atom. The zero-order valence-corrected chi connectivity index (χ0v) is 13.9. The Morgan fingerprint density at radius 3 is 2.54 bits per heavy atom. The van der Waals surface area contributed by atoms with Gasteiger partial charge in [0.25, 0.3) is 0 Å². The van der Waals surface area contributed by atoms with E-state index >= 15 is 0 Å². The molecule has 1 aliphatic rings. The summed E-state index contributed by atoms with van der Waals surface area (Å²) in [6, 6.07) is 8.23. The third-order valence-corrected chi connectivity index (χ3v) is 4.11. The topological polar surface area (TPSA) is 114 Å². The third-order valence-electron chi connectivity index (χ3n) is 2.78. The van der Waals surface area contributed by atoms with Crippen molar-refractivity contribution in [3.63, 3.8) is 0 Å². The van der Waals surface area contributed by atoms with Crippen LogP contribution in [0.2, 0.25) is 0 Å². The fourth-order valence-corrected chi connectivity index (χ4v) is 2.94. The highest BCUT2D eigenvalue weighted by Crippen LogP contribution is 2.35. The van der Waals surface area contributed by atoms with E-state index in [1.165, 1.54) is 12.1 Å². The van der Waals surface area contributed by atoms with E-state index in [-0.39, 0.29) is 22.5 Å². The number of thioether (sulfide) groups is 1. The largest absolute Gasteiger partial charge is 0.325 e. The Hall–Kier alpha value is -2.70. The number of nitriles is 1. The van der Waals surface area contributed by atoms with Crippen molar-refractivity contribution in [2.24, 2.45) is 5.16 Å². The molecule has 9 heteroatoms. The predicted molar refractivity (Wildman–Crippen MR) is 89.5 cm³/mol. The van der Waals surface area contributed by atoms with Gasteiger partial charge in [-0.3, -0.25) is 13.9 Å². The van der Waals surface area contributed by atoms with E-state index < -0.39 is 15.9 Å². The first-order valence-electron chi connectivity index (χ1n) is 6.41. The number of oxime groups is 1. The molecule has 0 aromatic heterocycles. The van der Waals surface area contributed by atoms with E-state index in [0.717, 1.165) is 18.0 Å². The lowest BCUT2D eigenvalue weighted by Crippen LogP contribution is -2.04. The second-order valence-electron chi connectivity index (χ2n) is 4.52. The fourth-order valence-electron chi connectivity index (χ4n) is 1.84. The van der Waals surface area contributed by atoms with E-state index in [9.17, 15) is 23.3 Å². The molecule has 0 unspecified atom stereocenters. The fraction of sp³-hybridized carbons (Fsp3) is 0.0667. The van der Waals surface area contributed by atoms with Crippen molar-refractivity contribution in [2.45, 2.75) is 0 Å². The van der Waals surface area contributed by atoms with Crippen LogP contribution in [-0.2, 0) is 19.2 Å². The van der Waals surface area contributed by atoms with Gasteiger partial charge in [-0.15, -0.1) is 0 Å². The maximum absolute atomic E-state index is 11.7. The molecule has 0 N–H and O–H groups in total. The van der Waals surface area contributed by atoms with Crippen molar-refractivity contribution >= 4 is 44.6 Å². The van der Waals surface area contributed by atoms with E-state index in [1.54, 1.807) is 24.3 Å². The maximum Gasteiger partial charge on any atom is 0.325 e. The summed E-state index contributed by atoms with van der Waals surface area (Å²) in [7, 11) is -3.73. The van der Waals surface area contributed by atoms with Gasteiger partial charge in [-0.1, -0.05) is 41.2 Å². The third kappa shape index (κ3) is 4.18. The average molecular weight is 362 g/mol. The van der Waals surface area contributed by atoms with Crippen LogP contribution < -0.4 is 0 Å². The summed E-state index contributed by atoms with van der Waals surface area (Å²) in [5.41, 5.74) is 0.601. The van der Waals surface area contributed by atoms with Crippen LogP contribution in [0.15, 0.2) is 46.5 Å². The minimum Gasteiger partial charge on any atom is -0.294 e. The molecule has 0 fully saturated rings. The monoisotopic (exact) mass is 362 g/mol. The molecular weight excluding hydrogens is 352 g/mol. The molecule has 1 aromatic rings. The van der Waals surface area contributed by atoms with Crippen molar-refractivity contribution in [1.29, 1.82) is 5.26 Å². The molecule has 0 saturated carbocycles. The van der Waals surface area contributed by atoms with Gasteiger partial charge in [-0.05, 0) is 12.2 Å². The zero-order chi connectivity index (χ0) is 17.7. The molecular formula is C15H10N2O5S2. The van der Waals surface area contributed by atoms with Gasteiger partial charge in [0.05, 0.1) is 11.8 Å². The minimum atomic E-state index is -3.73. The Bertz CT molecular complexity index is 937. The number of ketones is 1. The van der Waals surface area contributed by atoms with Crippen molar-refractivity contribution in [3.8, 4) is 6.07 Å². The molecule has 122 valence electrons. The second-order valence-corrected chi connectivity index (χ2v) is 7.14. The van der Waals surface area contributed by atoms with E-state index in [0.29, 0.717) is 10.5 Å². The lowest BCUT2D eigenvalue weighted by Gasteiger charge is -2.06. The lowest BCUT2D eigenvalue weighted by molar-refractivity contribution is -0.104. The average Bonchev–Trinajstić information content (AvgIpc) is 3.01. The summed E-state index contributed by atoms with van der Waals surface area (Å²) < 4.78 is 26.2. The van der Waals surface area contributed by atoms with E-state index in [4.69, 9.17) is 0 Å². The number of carbonyl (C=O) groups is 2. The van der Waals surface area contributed by atoms with Crippen molar-refractivity contribution in [1.82, 2.24) is 0 Å². The summed E-state index contributed by atoms with van der Waals surface area (Å²) in [4.78, 5) is 22.9. The minimum absolute atomic E-state index is 0.114. The first-order valence-corrected chi connectivity index (χ1v) is 9.05. The predicted octanol–water partition coefficient (Wildman–Crippen LogP) is 1.90. The number of Topliss-reactive ketones (excluding diaryl/α,β-unsaturated/α-hetero) is 1. The molecule has 0 amide bonds. The quantitative estimate of drug-likeness (QED) is 0.258. The Balaban J connectivity index is 2.43. The molecule has 0 bridgehead atoms. The molecule has 1 aromatic carbocycles. The summed E-state index contributed by atoms with van der Waals surface area (Å²) in [6.45, 7) is 0. The van der Waals surface area contributed by atoms with Crippen molar-refractivity contribution in [2.75, 3.05) is 6.26 Å². The Morgan fingerprint density at radius 1 is 1.29 bits per heavy atom. The normalized spacial score (nSPS) is 17.4. The summed E-state index contributed by atoms with van der Waals surface area (Å²) >= 11 is 1.01. The van der Waals surface area contributed by atoms with Gasteiger partial charge in [0.15, 0.2) is 6.29 Å². The standard InChI is InChI=1S/C15H10N2O5S2/c1-24(20,21)22-17-15-7-6-14(23-15)12(8-16)10-4-2-3-5-11(10)13(19)9-18/h2-7,9H,1H3. The van der Waals surface area contributed by atoms with Crippen molar-refractivity contribution < 1.29 is 22.3 Å². The highest BCUT2D eigenvalue weighted by molar-refractivity contribution is 8.18. The van der Waals surface area contributed by atoms with Gasteiger partial charge in [0.1, 0.15) is 11.1 Å². The molecule has 1 aliphatic heterocycles. The van der Waals surface area contributed by atoms with Crippen LogP contribution >= 0.6 is 11.8 Å². The Labute approximate surface area is 142 Å². The van der Waals surface area contributed by atoms with Crippen LogP contribution in [0.4, 0.5) is 0 Å². The smallest absolute Gasteiger partial charge is 0.294 e. The number of carbonyl (C=O) groups excluding carboxylic acids is 2. The van der Waals surface area contributed by atoms with Gasteiger partial charge in [0, 0.05) is 16.0 Å². The molecule has 1 heterocycles. The van der Waals surface area contributed by atoms with Gasteiger partial charge >= 0.3 is 10.1 Å². The lowest BCUT2D eigenvalue weighted by atomic mass is 9.97. The second kappa shape index (κ2) is 7.25. The number of allylic oxidation sites excluding steroid dienone is 2. The van der Waals surface area contributed by atoms with Crippen molar-refractivity contribution in [3.05, 3.63) is 52.4 Å². The zero-order valence-electron chi connectivity index (χ0n) is 12.3. The molecule has 0 spiro atoms. The highest BCUT2D eigenvalue weighted by atomic mass is 32.2. The molecule has 0 radical (unpaired) electrons.